The molecular formula is C14H26N2OS. The third-order valence-corrected chi connectivity index (χ3v) is 4.06. The highest BCUT2D eigenvalue weighted by molar-refractivity contribution is 7.11. The van der Waals surface area contributed by atoms with Crippen molar-refractivity contribution in [1.29, 1.82) is 0 Å². The van der Waals surface area contributed by atoms with Gasteiger partial charge in [0.25, 0.3) is 0 Å². The molecule has 1 aromatic rings. The summed E-state index contributed by atoms with van der Waals surface area (Å²) in [6.45, 7) is 13.6. The summed E-state index contributed by atoms with van der Waals surface area (Å²) < 4.78 is 5.24. The van der Waals surface area contributed by atoms with Crippen LogP contribution in [0.5, 0.6) is 0 Å². The van der Waals surface area contributed by atoms with Gasteiger partial charge in [0.2, 0.25) is 0 Å². The fraction of sp³-hybridized carbons (Fsp3) is 0.786. The van der Waals surface area contributed by atoms with Crippen molar-refractivity contribution in [1.82, 2.24) is 10.3 Å². The Morgan fingerprint density at radius 2 is 2.00 bits per heavy atom. The zero-order chi connectivity index (χ0) is 13.8. The van der Waals surface area contributed by atoms with Gasteiger partial charge in [-0.2, -0.15) is 0 Å². The molecule has 1 N–H and O–H groups in total. The SMILES string of the molecule is COCc1nc(C(C)(C)C)sc1CNCC(C)C. The van der Waals surface area contributed by atoms with Crippen molar-refractivity contribution in [2.24, 2.45) is 5.92 Å². The van der Waals surface area contributed by atoms with E-state index in [1.807, 2.05) is 0 Å². The maximum Gasteiger partial charge on any atom is 0.0986 e. The van der Waals surface area contributed by atoms with Crippen molar-refractivity contribution in [2.75, 3.05) is 13.7 Å². The number of hydrogen-bond donors (Lipinski definition) is 1. The van der Waals surface area contributed by atoms with Gasteiger partial charge in [-0.15, -0.1) is 11.3 Å². The molecule has 0 saturated heterocycles. The van der Waals surface area contributed by atoms with Gasteiger partial charge in [0.05, 0.1) is 17.3 Å². The first-order valence-corrected chi connectivity index (χ1v) is 7.35. The molecular weight excluding hydrogens is 244 g/mol. The molecule has 0 bridgehead atoms. The van der Waals surface area contributed by atoms with Crippen LogP contribution in [-0.4, -0.2) is 18.6 Å². The van der Waals surface area contributed by atoms with E-state index in [1.54, 1.807) is 18.4 Å². The van der Waals surface area contributed by atoms with Crippen LogP contribution in [0.25, 0.3) is 0 Å². The third-order valence-electron chi connectivity index (χ3n) is 2.54. The molecule has 1 aromatic heterocycles. The van der Waals surface area contributed by atoms with Crippen LogP contribution < -0.4 is 5.32 Å². The maximum absolute atomic E-state index is 5.24. The van der Waals surface area contributed by atoms with E-state index in [9.17, 15) is 0 Å². The van der Waals surface area contributed by atoms with E-state index in [0.717, 1.165) is 18.8 Å². The lowest BCUT2D eigenvalue weighted by molar-refractivity contribution is 0.181. The number of methoxy groups -OCH3 is 1. The Bertz CT molecular complexity index is 366. The number of nitrogens with one attached hydrogen (secondary N) is 1. The first-order valence-electron chi connectivity index (χ1n) is 6.53. The average molecular weight is 270 g/mol. The fourth-order valence-corrected chi connectivity index (χ4v) is 2.66. The van der Waals surface area contributed by atoms with Gasteiger partial charge in [0, 0.05) is 23.9 Å². The third kappa shape index (κ3) is 4.67. The average Bonchev–Trinajstić information content (AvgIpc) is 2.61. The minimum Gasteiger partial charge on any atom is -0.378 e. The summed E-state index contributed by atoms with van der Waals surface area (Å²) in [5.74, 6) is 0.672. The molecule has 18 heavy (non-hydrogen) atoms. The van der Waals surface area contributed by atoms with Crippen molar-refractivity contribution >= 4 is 11.3 Å². The van der Waals surface area contributed by atoms with Crippen molar-refractivity contribution < 1.29 is 4.74 Å². The number of nitrogens with zero attached hydrogens (tertiary/aromatic N) is 1. The minimum absolute atomic E-state index is 0.115. The van der Waals surface area contributed by atoms with Crippen LogP contribution in [0, 0.1) is 5.92 Å². The monoisotopic (exact) mass is 270 g/mol. The van der Waals surface area contributed by atoms with Crippen molar-refractivity contribution in [3.05, 3.63) is 15.6 Å². The first-order chi connectivity index (χ1) is 8.34. The van der Waals surface area contributed by atoms with Crippen LogP contribution in [0.15, 0.2) is 0 Å². The van der Waals surface area contributed by atoms with Gasteiger partial charge in [-0.3, -0.25) is 0 Å². The molecule has 1 heterocycles. The van der Waals surface area contributed by atoms with E-state index in [4.69, 9.17) is 9.72 Å². The van der Waals surface area contributed by atoms with Gasteiger partial charge in [-0.05, 0) is 12.5 Å². The van der Waals surface area contributed by atoms with Gasteiger partial charge in [0.15, 0.2) is 0 Å². The van der Waals surface area contributed by atoms with Crippen LogP contribution in [0.1, 0.15) is 50.2 Å². The quantitative estimate of drug-likeness (QED) is 0.861. The summed E-state index contributed by atoms with van der Waals surface area (Å²) in [5.41, 5.74) is 1.20. The highest BCUT2D eigenvalue weighted by atomic mass is 32.1. The molecule has 0 aliphatic rings. The second kappa shape index (κ2) is 6.64. The van der Waals surface area contributed by atoms with E-state index >= 15 is 0 Å². The smallest absolute Gasteiger partial charge is 0.0986 e. The molecule has 0 fully saturated rings. The summed E-state index contributed by atoms with van der Waals surface area (Å²) in [6.07, 6.45) is 0. The summed E-state index contributed by atoms with van der Waals surface area (Å²) in [4.78, 5) is 6.03. The molecule has 0 amide bonds. The minimum atomic E-state index is 0.115. The van der Waals surface area contributed by atoms with Crippen LogP contribution in [0.4, 0.5) is 0 Å². The van der Waals surface area contributed by atoms with Crippen molar-refractivity contribution in [2.45, 2.75) is 53.2 Å². The summed E-state index contributed by atoms with van der Waals surface area (Å²) in [6, 6.07) is 0. The Labute approximate surface area is 115 Å². The fourth-order valence-electron chi connectivity index (χ4n) is 1.57. The number of rotatable bonds is 6. The zero-order valence-electron chi connectivity index (χ0n) is 12.5. The molecule has 0 saturated carbocycles. The highest BCUT2D eigenvalue weighted by Crippen LogP contribution is 2.29. The van der Waals surface area contributed by atoms with Crippen LogP contribution in [0.2, 0.25) is 0 Å². The van der Waals surface area contributed by atoms with Gasteiger partial charge >= 0.3 is 0 Å². The summed E-state index contributed by atoms with van der Waals surface area (Å²) >= 11 is 1.80. The standard InChI is InChI=1S/C14H26N2OS/c1-10(2)7-15-8-12-11(9-17-6)16-13(18-12)14(3,4)5/h10,15H,7-9H2,1-6H3. The van der Waals surface area contributed by atoms with Gasteiger partial charge < -0.3 is 10.1 Å². The largest absolute Gasteiger partial charge is 0.378 e. The Morgan fingerprint density at radius 3 is 2.50 bits per heavy atom. The molecule has 0 radical (unpaired) electrons. The Hall–Kier alpha value is -0.450. The van der Waals surface area contributed by atoms with E-state index < -0.39 is 0 Å². The number of hydrogen-bond acceptors (Lipinski definition) is 4. The molecule has 1 rings (SSSR count). The van der Waals surface area contributed by atoms with E-state index in [0.29, 0.717) is 12.5 Å². The number of ether oxygens (including phenoxy) is 1. The molecule has 104 valence electrons. The highest BCUT2D eigenvalue weighted by Gasteiger charge is 2.21. The lowest BCUT2D eigenvalue weighted by Gasteiger charge is -2.13. The van der Waals surface area contributed by atoms with Gasteiger partial charge in [0.1, 0.15) is 0 Å². The molecule has 0 spiro atoms. The second-order valence-electron chi connectivity index (χ2n) is 6.10. The van der Waals surface area contributed by atoms with E-state index in [-0.39, 0.29) is 5.41 Å². The molecule has 4 heteroatoms. The normalized spacial score (nSPS) is 12.4. The van der Waals surface area contributed by atoms with Gasteiger partial charge in [-0.25, -0.2) is 4.98 Å². The van der Waals surface area contributed by atoms with Crippen molar-refractivity contribution in [3.63, 3.8) is 0 Å². The molecule has 0 aliphatic carbocycles. The zero-order valence-corrected chi connectivity index (χ0v) is 13.3. The van der Waals surface area contributed by atoms with E-state index in [2.05, 4.69) is 39.9 Å². The molecule has 3 nitrogen and oxygen atoms in total. The van der Waals surface area contributed by atoms with Crippen molar-refractivity contribution in [3.8, 4) is 0 Å². The van der Waals surface area contributed by atoms with E-state index in [1.165, 1.54) is 9.88 Å². The Morgan fingerprint density at radius 1 is 1.33 bits per heavy atom. The summed E-state index contributed by atoms with van der Waals surface area (Å²) in [5, 5.41) is 4.67. The molecule has 0 aromatic carbocycles. The summed E-state index contributed by atoms with van der Waals surface area (Å²) in [7, 11) is 1.72. The van der Waals surface area contributed by atoms with Crippen LogP contribution in [-0.2, 0) is 23.3 Å². The lowest BCUT2D eigenvalue weighted by Crippen LogP contribution is -2.19. The second-order valence-corrected chi connectivity index (χ2v) is 7.18. The lowest BCUT2D eigenvalue weighted by atomic mass is 9.98. The van der Waals surface area contributed by atoms with Gasteiger partial charge in [-0.1, -0.05) is 34.6 Å². The van der Waals surface area contributed by atoms with Crippen LogP contribution >= 0.6 is 11.3 Å². The molecule has 0 aliphatic heterocycles. The Balaban J connectivity index is 2.77. The number of aromatic nitrogens is 1. The van der Waals surface area contributed by atoms with Crippen LogP contribution in [0.3, 0.4) is 0 Å². The Kier molecular flexibility index (Phi) is 5.76. The first kappa shape index (κ1) is 15.6. The number of thiazole rings is 1. The predicted molar refractivity (Wildman–Crippen MR) is 78.1 cm³/mol. The molecule has 0 unspecified atom stereocenters. The topological polar surface area (TPSA) is 34.1 Å². The predicted octanol–water partition coefficient (Wildman–Crippen LogP) is 3.33. The molecule has 0 atom stereocenters. The maximum atomic E-state index is 5.24.